The van der Waals surface area contributed by atoms with E-state index in [1.165, 1.54) is 13.8 Å². The summed E-state index contributed by atoms with van der Waals surface area (Å²) in [5.74, 6) is -3.32. The number of ether oxygens (including phenoxy) is 3. The molecule has 16 atom stereocenters. The monoisotopic (exact) mass is 740 g/mol. The lowest BCUT2D eigenvalue weighted by Gasteiger charge is -2.54. The van der Waals surface area contributed by atoms with E-state index in [1.54, 1.807) is 6.92 Å². The molecule has 17 N–H and O–H groups in total. The normalized spacial score (nSPS) is 29.1. The highest BCUT2D eigenvalue weighted by atomic mass is 32.1. The molecule has 1 aliphatic rings. The van der Waals surface area contributed by atoms with Crippen molar-refractivity contribution < 1.29 is 90.8 Å². The molecular formula is C28H56N2O18S. The van der Waals surface area contributed by atoms with E-state index in [9.17, 15) is 76.6 Å². The van der Waals surface area contributed by atoms with Crippen LogP contribution in [0.5, 0.6) is 0 Å². The first-order valence-electron chi connectivity index (χ1n) is 15.7. The Bertz CT molecular complexity index is 923. The van der Waals surface area contributed by atoms with Crippen LogP contribution in [0.2, 0.25) is 0 Å². The predicted octanol–water partition coefficient (Wildman–Crippen LogP) is -7.90. The second kappa shape index (κ2) is 20.9. The van der Waals surface area contributed by atoms with Crippen molar-refractivity contribution in [1.82, 2.24) is 10.6 Å². The molecule has 0 aromatic carbocycles. The Hall–Kier alpha value is -1.03. The van der Waals surface area contributed by atoms with Gasteiger partial charge in [-0.1, -0.05) is 20.8 Å². The zero-order valence-corrected chi connectivity index (χ0v) is 28.4. The highest BCUT2D eigenvalue weighted by Gasteiger charge is 2.65. The third kappa shape index (κ3) is 11.7. The topological polar surface area (TPSA) is 355 Å². The van der Waals surface area contributed by atoms with Crippen LogP contribution in [0, 0.1) is 17.8 Å². The van der Waals surface area contributed by atoms with Gasteiger partial charge in [-0.15, -0.1) is 0 Å². The predicted molar refractivity (Wildman–Crippen MR) is 169 cm³/mol. The average molecular weight is 741 g/mol. The molecule has 1 saturated carbocycles. The second-order valence-corrected chi connectivity index (χ2v) is 13.0. The maximum Gasteiger partial charge on any atom is 0.186 e. The Labute approximate surface area is 288 Å². The summed E-state index contributed by atoms with van der Waals surface area (Å²) in [5.41, 5.74) is -4.62. The largest absolute Gasteiger partial charge is 0.396 e. The Kier molecular flexibility index (Phi) is 19.6. The van der Waals surface area contributed by atoms with Crippen LogP contribution < -0.4 is 10.6 Å². The number of hydrogen-bond acceptors (Lipinski definition) is 19. The van der Waals surface area contributed by atoms with E-state index < -0.39 is 136 Å². The van der Waals surface area contributed by atoms with E-state index in [2.05, 4.69) is 10.6 Å². The molecule has 0 spiro atoms. The van der Waals surface area contributed by atoms with Gasteiger partial charge >= 0.3 is 0 Å². The molecule has 1 aliphatic carbocycles. The van der Waals surface area contributed by atoms with Gasteiger partial charge in [0.15, 0.2) is 29.6 Å². The molecule has 21 heteroatoms. The smallest absolute Gasteiger partial charge is 0.186 e. The van der Waals surface area contributed by atoms with Gasteiger partial charge in [0.1, 0.15) is 36.1 Å². The van der Waals surface area contributed by atoms with Gasteiger partial charge in [0.25, 0.3) is 0 Å². The first-order valence-corrected chi connectivity index (χ1v) is 16.1. The van der Waals surface area contributed by atoms with Crippen LogP contribution in [0.3, 0.4) is 0 Å². The third-order valence-corrected chi connectivity index (χ3v) is 8.86. The molecule has 1 rings (SSSR count). The van der Waals surface area contributed by atoms with Crippen molar-refractivity contribution in [2.75, 3.05) is 46.2 Å². The fourth-order valence-corrected chi connectivity index (χ4v) is 5.22. The summed E-state index contributed by atoms with van der Waals surface area (Å²) in [5, 5.41) is 158. The quantitative estimate of drug-likeness (QED) is 0.0323. The van der Waals surface area contributed by atoms with Crippen LogP contribution in [0.1, 0.15) is 27.2 Å². The summed E-state index contributed by atoms with van der Waals surface area (Å²) in [6.45, 7) is 0.102. The molecule has 0 aromatic heterocycles. The lowest BCUT2D eigenvalue weighted by molar-refractivity contribution is -0.350. The van der Waals surface area contributed by atoms with Crippen LogP contribution in [-0.2, 0) is 14.2 Å². The minimum absolute atomic E-state index is 0.150. The number of hydrogen-bond donors (Lipinski definition) is 17. The molecule has 20 nitrogen and oxygen atoms in total. The van der Waals surface area contributed by atoms with Gasteiger partial charge in [0.2, 0.25) is 0 Å². The van der Waals surface area contributed by atoms with Crippen molar-refractivity contribution in [3.63, 3.8) is 0 Å². The summed E-state index contributed by atoms with van der Waals surface area (Å²) >= 11 is 5.30. The Morgan fingerprint density at radius 1 is 0.735 bits per heavy atom. The second-order valence-electron chi connectivity index (χ2n) is 12.6. The van der Waals surface area contributed by atoms with Gasteiger partial charge in [0.05, 0.1) is 44.7 Å². The molecule has 49 heavy (non-hydrogen) atoms. The van der Waals surface area contributed by atoms with Crippen molar-refractivity contribution in [2.24, 2.45) is 17.8 Å². The fourth-order valence-electron chi connectivity index (χ4n) is 4.90. The summed E-state index contributed by atoms with van der Waals surface area (Å²) in [7, 11) is 0. The summed E-state index contributed by atoms with van der Waals surface area (Å²) in [6, 6.07) is 0. The highest BCUT2D eigenvalue weighted by Crippen LogP contribution is 2.42. The zero-order valence-electron chi connectivity index (χ0n) is 27.6. The summed E-state index contributed by atoms with van der Waals surface area (Å²) in [4.78, 5) is 0. The van der Waals surface area contributed by atoms with Crippen LogP contribution in [-0.4, -0.2) is 207 Å². The van der Waals surface area contributed by atoms with Gasteiger partial charge < -0.3 is 101 Å². The lowest BCUT2D eigenvalue weighted by atomic mass is 9.64. The molecule has 0 aromatic rings. The molecule has 0 heterocycles. The number of thiocarbonyl (C=S) groups is 1. The first-order chi connectivity index (χ1) is 22.8. The minimum Gasteiger partial charge on any atom is -0.396 e. The molecule has 0 radical (unpaired) electrons. The third-order valence-electron chi connectivity index (χ3n) is 8.61. The molecule has 0 bridgehead atoms. The van der Waals surface area contributed by atoms with E-state index in [4.69, 9.17) is 26.4 Å². The summed E-state index contributed by atoms with van der Waals surface area (Å²) < 4.78 is 16.1. The zero-order chi connectivity index (χ0) is 37.9. The molecular weight excluding hydrogens is 684 g/mol. The van der Waals surface area contributed by atoms with Crippen LogP contribution in [0.4, 0.5) is 0 Å². The minimum atomic E-state index is -2.60. The molecule has 0 amide bonds. The molecule has 0 aliphatic heterocycles. The first kappa shape index (κ1) is 46.0. The van der Waals surface area contributed by atoms with Gasteiger partial charge in [-0.3, -0.25) is 0 Å². The van der Waals surface area contributed by atoms with Gasteiger partial charge in [-0.2, -0.15) is 0 Å². The number of aliphatic hydroxyl groups excluding tert-OH is 14. The van der Waals surface area contributed by atoms with E-state index in [0.717, 1.165) is 0 Å². The van der Waals surface area contributed by atoms with Crippen LogP contribution in [0.25, 0.3) is 0 Å². The van der Waals surface area contributed by atoms with Gasteiger partial charge in [-0.05, 0) is 18.6 Å². The fraction of sp³-hybridized carbons (Fsp3) is 0.964. The van der Waals surface area contributed by atoms with Gasteiger partial charge in [-0.25, -0.2) is 0 Å². The van der Waals surface area contributed by atoms with E-state index in [-0.39, 0.29) is 5.11 Å². The van der Waals surface area contributed by atoms with Crippen molar-refractivity contribution >= 4 is 17.3 Å². The van der Waals surface area contributed by atoms with E-state index >= 15 is 0 Å². The van der Waals surface area contributed by atoms with Gasteiger partial charge in [0, 0.05) is 37.5 Å². The Balaban J connectivity index is 3.42. The lowest BCUT2D eigenvalue weighted by Crippen LogP contribution is -2.76. The average Bonchev–Trinajstić information content (AvgIpc) is 3.10. The van der Waals surface area contributed by atoms with Crippen LogP contribution in [0.15, 0.2) is 0 Å². The number of aliphatic hydroxyl groups is 15. The SMILES string of the molecule is CCCNC(=S)NC(CO[C@@H](O)C(O)[C@@H](O)[C@H](O)C(C)CO)(CO[C@@H](O)[C@H](O)C(O)[C@@H](O)C(C)CO)CO[C@H](O)[C@]1(O)C(O)[C@H](O)C1CO. The molecule has 292 valence electrons. The van der Waals surface area contributed by atoms with Crippen molar-refractivity contribution in [3.05, 3.63) is 0 Å². The van der Waals surface area contributed by atoms with Crippen LogP contribution >= 0.6 is 12.2 Å². The molecule has 0 saturated heterocycles. The maximum absolute atomic E-state index is 10.9. The molecule has 1 fully saturated rings. The Morgan fingerprint density at radius 2 is 1.16 bits per heavy atom. The van der Waals surface area contributed by atoms with E-state index in [0.29, 0.717) is 13.0 Å². The highest BCUT2D eigenvalue weighted by molar-refractivity contribution is 7.80. The van der Waals surface area contributed by atoms with Crippen molar-refractivity contribution in [3.8, 4) is 0 Å². The molecule has 7 unspecified atom stereocenters. The number of rotatable bonds is 24. The Morgan fingerprint density at radius 3 is 1.55 bits per heavy atom. The standard InChI is InChI=1S/C28H56N2O18S/c1-4-5-29-26(49)30-27(9-46-23(42)20(39)18(37)15(34)12(2)6-31,10-47-24(43)21(40)19(38)16(35)13(3)7-32)11-48-25(44)28(45)14(8-33)17(36)22(28)41/h12-25,31-45H,4-11H2,1-3H3,(H2,29,30,49)/t12?,13?,14?,15-,16+,17-,18+,19?,20?,21-,22?,23-,24-,25+,27?,28-/m1/s1. The van der Waals surface area contributed by atoms with E-state index in [1.807, 2.05) is 0 Å². The summed E-state index contributed by atoms with van der Waals surface area (Å²) in [6.07, 6.45) is -21.8. The van der Waals surface area contributed by atoms with Crippen molar-refractivity contribution in [1.29, 1.82) is 0 Å². The maximum atomic E-state index is 10.9. The van der Waals surface area contributed by atoms with Crippen molar-refractivity contribution in [2.45, 2.75) is 106 Å². The number of nitrogens with one attached hydrogen (secondary N) is 2.